The van der Waals surface area contributed by atoms with Gasteiger partial charge in [0.15, 0.2) is 0 Å². The maximum absolute atomic E-state index is 5.76. The summed E-state index contributed by atoms with van der Waals surface area (Å²) in [6.45, 7) is 6.28. The molecule has 0 aromatic carbocycles. The summed E-state index contributed by atoms with van der Waals surface area (Å²) >= 11 is 0. The largest absolute Gasteiger partial charge is 0.399 e. The van der Waals surface area contributed by atoms with Gasteiger partial charge in [0, 0.05) is 5.70 Å². The lowest BCUT2D eigenvalue weighted by Crippen LogP contribution is -2.10. The first-order valence-corrected chi connectivity index (χ1v) is 3.61. The molecule has 0 saturated heterocycles. The monoisotopic (exact) mass is 136 g/mol. The topological polar surface area (TPSA) is 26.0 Å². The van der Waals surface area contributed by atoms with Crippen molar-refractivity contribution in [3.8, 4) is 0 Å². The van der Waals surface area contributed by atoms with E-state index >= 15 is 0 Å². The van der Waals surface area contributed by atoms with Gasteiger partial charge in [-0.3, -0.25) is 0 Å². The Kier molecular flexibility index (Phi) is 1.84. The van der Waals surface area contributed by atoms with Gasteiger partial charge in [-0.15, -0.1) is 0 Å². The SMILES string of the molecule is CC1=CC(C)[CH]C(C)=C1N. The van der Waals surface area contributed by atoms with Gasteiger partial charge in [0.25, 0.3) is 0 Å². The van der Waals surface area contributed by atoms with Crippen LogP contribution in [0.3, 0.4) is 0 Å². The van der Waals surface area contributed by atoms with Gasteiger partial charge in [-0.25, -0.2) is 0 Å². The second kappa shape index (κ2) is 2.49. The number of hydrogen-bond acceptors (Lipinski definition) is 1. The van der Waals surface area contributed by atoms with E-state index in [1.165, 1.54) is 11.1 Å². The van der Waals surface area contributed by atoms with E-state index in [1.807, 2.05) is 0 Å². The van der Waals surface area contributed by atoms with Crippen molar-refractivity contribution in [2.24, 2.45) is 11.7 Å². The van der Waals surface area contributed by atoms with E-state index in [0.29, 0.717) is 5.92 Å². The Hall–Kier alpha value is -0.720. The van der Waals surface area contributed by atoms with Crippen LogP contribution in [0.4, 0.5) is 0 Å². The zero-order valence-corrected chi connectivity index (χ0v) is 6.81. The Morgan fingerprint density at radius 3 is 2.50 bits per heavy atom. The van der Waals surface area contributed by atoms with Crippen molar-refractivity contribution in [3.05, 3.63) is 29.3 Å². The molecular formula is C9H14N. The second-order valence-electron chi connectivity index (χ2n) is 2.97. The third kappa shape index (κ3) is 1.23. The van der Waals surface area contributed by atoms with E-state index in [1.54, 1.807) is 0 Å². The van der Waals surface area contributed by atoms with Gasteiger partial charge in [-0.2, -0.15) is 0 Å². The Labute approximate surface area is 62.6 Å². The summed E-state index contributed by atoms with van der Waals surface area (Å²) in [6, 6.07) is 0. The zero-order chi connectivity index (χ0) is 7.72. The van der Waals surface area contributed by atoms with Crippen molar-refractivity contribution in [1.82, 2.24) is 0 Å². The van der Waals surface area contributed by atoms with Crippen LogP contribution in [0.2, 0.25) is 0 Å². The van der Waals surface area contributed by atoms with E-state index in [2.05, 4.69) is 33.3 Å². The van der Waals surface area contributed by atoms with Crippen molar-refractivity contribution < 1.29 is 0 Å². The summed E-state index contributed by atoms with van der Waals surface area (Å²) in [4.78, 5) is 0. The van der Waals surface area contributed by atoms with E-state index in [0.717, 1.165) is 5.70 Å². The Morgan fingerprint density at radius 2 is 2.00 bits per heavy atom. The predicted molar refractivity (Wildman–Crippen MR) is 44.1 cm³/mol. The van der Waals surface area contributed by atoms with Crippen LogP contribution in [0.15, 0.2) is 22.9 Å². The molecule has 1 rings (SSSR count). The van der Waals surface area contributed by atoms with Gasteiger partial charge in [0.1, 0.15) is 0 Å². The molecule has 0 fully saturated rings. The number of rotatable bonds is 0. The maximum Gasteiger partial charge on any atom is 0.0332 e. The Morgan fingerprint density at radius 1 is 1.40 bits per heavy atom. The zero-order valence-electron chi connectivity index (χ0n) is 6.81. The van der Waals surface area contributed by atoms with Crippen LogP contribution in [-0.4, -0.2) is 0 Å². The molecule has 1 heteroatoms. The van der Waals surface area contributed by atoms with Gasteiger partial charge < -0.3 is 5.73 Å². The van der Waals surface area contributed by atoms with Crippen molar-refractivity contribution in [1.29, 1.82) is 0 Å². The van der Waals surface area contributed by atoms with Gasteiger partial charge in [-0.05, 0) is 37.3 Å². The van der Waals surface area contributed by atoms with E-state index in [9.17, 15) is 0 Å². The molecule has 55 valence electrons. The lowest BCUT2D eigenvalue weighted by molar-refractivity contribution is 0.828. The van der Waals surface area contributed by atoms with Gasteiger partial charge >= 0.3 is 0 Å². The third-order valence-corrected chi connectivity index (χ3v) is 1.88. The van der Waals surface area contributed by atoms with Crippen LogP contribution in [-0.2, 0) is 0 Å². The lowest BCUT2D eigenvalue weighted by Gasteiger charge is -2.17. The standard InChI is InChI=1S/C9H14N/c1-6-4-7(2)9(10)8(3)5-6/h4-6H,10H2,1-3H3. The first-order valence-electron chi connectivity index (χ1n) is 3.61. The van der Waals surface area contributed by atoms with Gasteiger partial charge in [0.05, 0.1) is 0 Å². The summed E-state index contributed by atoms with van der Waals surface area (Å²) in [6.07, 6.45) is 4.37. The number of hydrogen-bond donors (Lipinski definition) is 1. The van der Waals surface area contributed by atoms with Crippen molar-refractivity contribution in [3.63, 3.8) is 0 Å². The molecule has 1 radical (unpaired) electrons. The Balaban J connectivity index is 2.90. The summed E-state index contributed by atoms with van der Waals surface area (Å²) in [5.74, 6) is 0.548. The molecule has 1 aliphatic carbocycles. The smallest absolute Gasteiger partial charge is 0.0332 e. The quantitative estimate of drug-likeness (QED) is 0.541. The molecule has 0 spiro atoms. The molecule has 0 saturated carbocycles. The average Bonchev–Trinajstić information content (AvgIpc) is 1.82. The molecule has 0 aliphatic heterocycles. The molecule has 1 atom stereocenters. The molecule has 2 N–H and O–H groups in total. The highest BCUT2D eigenvalue weighted by molar-refractivity contribution is 5.39. The van der Waals surface area contributed by atoms with Gasteiger partial charge in [0.2, 0.25) is 0 Å². The normalized spacial score (nSPS) is 26.7. The van der Waals surface area contributed by atoms with Crippen LogP contribution in [0.1, 0.15) is 20.8 Å². The highest BCUT2D eigenvalue weighted by atomic mass is 14.6. The average molecular weight is 136 g/mol. The fourth-order valence-electron chi connectivity index (χ4n) is 1.33. The minimum absolute atomic E-state index is 0.548. The maximum atomic E-state index is 5.76. The van der Waals surface area contributed by atoms with Crippen LogP contribution in [0, 0.1) is 12.3 Å². The van der Waals surface area contributed by atoms with Crippen LogP contribution in [0.5, 0.6) is 0 Å². The molecule has 0 aromatic rings. The molecule has 1 nitrogen and oxygen atoms in total. The van der Waals surface area contributed by atoms with Crippen molar-refractivity contribution in [2.75, 3.05) is 0 Å². The van der Waals surface area contributed by atoms with E-state index < -0.39 is 0 Å². The molecule has 10 heavy (non-hydrogen) atoms. The summed E-state index contributed by atoms with van der Waals surface area (Å²) in [5, 5.41) is 0. The van der Waals surface area contributed by atoms with Crippen molar-refractivity contribution >= 4 is 0 Å². The third-order valence-electron chi connectivity index (χ3n) is 1.88. The van der Waals surface area contributed by atoms with Crippen LogP contribution < -0.4 is 5.73 Å². The molecule has 1 aliphatic rings. The van der Waals surface area contributed by atoms with Crippen LogP contribution in [0.25, 0.3) is 0 Å². The second-order valence-corrected chi connectivity index (χ2v) is 2.97. The fourth-order valence-corrected chi connectivity index (χ4v) is 1.33. The predicted octanol–water partition coefficient (Wildman–Crippen LogP) is 2.02. The first kappa shape index (κ1) is 7.39. The first-order chi connectivity index (χ1) is 4.61. The highest BCUT2D eigenvalue weighted by Crippen LogP contribution is 2.23. The van der Waals surface area contributed by atoms with Crippen LogP contribution >= 0.6 is 0 Å². The van der Waals surface area contributed by atoms with Crippen molar-refractivity contribution in [2.45, 2.75) is 20.8 Å². The highest BCUT2D eigenvalue weighted by Gasteiger charge is 2.11. The molecule has 0 aromatic heterocycles. The van der Waals surface area contributed by atoms with E-state index in [-0.39, 0.29) is 0 Å². The number of nitrogens with two attached hydrogens (primary N) is 1. The summed E-state index contributed by atoms with van der Waals surface area (Å²) in [7, 11) is 0. The minimum Gasteiger partial charge on any atom is -0.399 e. The molecule has 1 unspecified atom stereocenters. The molecule has 0 heterocycles. The number of allylic oxidation sites excluding steroid dienone is 3. The molecule has 0 amide bonds. The minimum atomic E-state index is 0.548. The molecular weight excluding hydrogens is 122 g/mol. The lowest BCUT2D eigenvalue weighted by atomic mass is 9.91. The fraction of sp³-hybridized carbons (Fsp3) is 0.444. The van der Waals surface area contributed by atoms with Gasteiger partial charge in [-0.1, -0.05) is 13.0 Å². The Bertz CT molecular complexity index is 199. The molecule has 0 bridgehead atoms. The summed E-state index contributed by atoms with van der Waals surface area (Å²) in [5.41, 5.74) is 9.14. The van der Waals surface area contributed by atoms with E-state index in [4.69, 9.17) is 5.73 Å². The summed E-state index contributed by atoms with van der Waals surface area (Å²) < 4.78 is 0.